The van der Waals surface area contributed by atoms with E-state index in [9.17, 15) is 9.59 Å². The van der Waals surface area contributed by atoms with Crippen molar-refractivity contribution in [1.82, 2.24) is 5.32 Å². The lowest BCUT2D eigenvalue weighted by Crippen LogP contribution is -2.53. The number of aliphatic carboxylic acids is 1. The molecule has 0 aliphatic heterocycles. The number of carbonyl (C=O) groups excluding carboxylic acids is 1. The molecule has 100 valence electrons. The number of rotatable bonds is 5. The fourth-order valence-corrected chi connectivity index (χ4v) is 1.51. The Morgan fingerprint density at radius 3 is 2.06 bits per heavy atom. The Hall–Kier alpha value is -1.10. The number of nitrogens with two attached hydrogens (primary N) is 1. The van der Waals surface area contributed by atoms with Crippen LogP contribution in [-0.4, -0.2) is 29.1 Å². The fourth-order valence-electron chi connectivity index (χ4n) is 1.51. The van der Waals surface area contributed by atoms with Crippen molar-refractivity contribution in [2.24, 2.45) is 17.1 Å². The van der Waals surface area contributed by atoms with Crippen LogP contribution in [0.4, 0.5) is 0 Å². The second-order valence-corrected chi connectivity index (χ2v) is 5.88. The molecule has 5 nitrogen and oxygen atoms in total. The summed E-state index contributed by atoms with van der Waals surface area (Å²) in [6.07, 6.45) is 0.544. The third kappa shape index (κ3) is 5.68. The predicted molar refractivity (Wildman–Crippen MR) is 66.5 cm³/mol. The van der Waals surface area contributed by atoms with Crippen LogP contribution in [0.5, 0.6) is 0 Å². The minimum atomic E-state index is -1.04. The maximum Gasteiger partial charge on any atom is 0.326 e. The Labute approximate surface area is 103 Å². The standard InChI is InChI=1S/C12H24N2O3/c1-7(2)6-8(13)10(15)14-9(11(16)17)12(3,4)5/h7-9H,6,13H2,1-5H3,(H,14,15)(H,16,17)/t8-,9?/m0/s1. The molecule has 0 spiro atoms. The molecule has 0 aliphatic carbocycles. The van der Waals surface area contributed by atoms with E-state index in [0.29, 0.717) is 12.3 Å². The van der Waals surface area contributed by atoms with Gasteiger partial charge in [0, 0.05) is 0 Å². The molecule has 1 amide bonds. The van der Waals surface area contributed by atoms with Gasteiger partial charge in [-0.05, 0) is 17.8 Å². The summed E-state index contributed by atoms with van der Waals surface area (Å²) in [7, 11) is 0. The second-order valence-electron chi connectivity index (χ2n) is 5.88. The van der Waals surface area contributed by atoms with E-state index in [2.05, 4.69) is 5.32 Å². The highest BCUT2D eigenvalue weighted by Crippen LogP contribution is 2.19. The molecule has 0 saturated heterocycles. The van der Waals surface area contributed by atoms with Gasteiger partial charge in [0.1, 0.15) is 6.04 Å². The second kappa shape index (κ2) is 6.00. The number of carboxylic acids is 1. The van der Waals surface area contributed by atoms with Crippen molar-refractivity contribution in [3.63, 3.8) is 0 Å². The highest BCUT2D eigenvalue weighted by Gasteiger charge is 2.33. The summed E-state index contributed by atoms with van der Waals surface area (Å²) in [5.74, 6) is -1.14. The molecule has 0 aromatic carbocycles. The summed E-state index contributed by atoms with van der Waals surface area (Å²) in [6.45, 7) is 9.22. The van der Waals surface area contributed by atoms with Crippen LogP contribution in [0, 0.1) is 11.3 Å². The van der Waals surface area contributed by atoms with Crippen LogP contribution in [0.3, 0.4) is 0 Å². The van der Waals surface area contributed by atoms with Gasteiger partial charge in [-0.2, -0.15) is 0 Å². The SMILES string of the molecule is CC(C)C[C@H](N)C(=O)NC(C(=O)O)C(C)(C)C. The molecule has 0 saturated carbocycles. The van der Waals surface area contributed by atoms with Crippen molar-refractivity contribution < 1.29 is 14.7 Å². The number of hydrogen-bond donors (Lipinski definition) is 3. The first-order valence-electron chi connectivity index (χ1n) is 5.84. The number of amides is 1. The van der Waals surface area contributed by atoms with E-state index in [1.165, 1.54) is 0 Å². The molecule has 0 aliphatic rings. The first-order valence-corrected chi connectivity index (χ1v) is 5.84. The van der Waals surface area contributed by atoms with Crippen molar-refractivity contribution in [2.45, 2.75) is 53.1 Å². The van der Waals surface area contributed by atoms with E-state index in [4.69, 9.17) is 10.8 Å². The molecule has 5 heteroatoms. The molecular weight excluding hydrogens is 220 g/mol. The van der Waals surface area contributed by atoms with Gasteiger partial charge in [-0.1, -0.05) is 34.6 Å². The van der Waals surface area contributed by atoms with Crippen LogP contribution >= 0.6 is 0 Å². The van der Waals surface area contributed by atoms with E-state index < -0.39 is 29.4 Å². The summed E-state index contributed by atoms with van der Waals surface area (Å²) < 4.78 is 0. The Morgan fingerprint density at radius 2 is 1.76 bits per heavy atom. The Morgan fingerprint density at radius 1 is 1.29 bits per heavy atom. The molecule has 2 atom stereocenters. The van der Waals surface area contributed by atoms with E-state index in [-0.39, 0.29) is 0 Å². The lowest BCUT2D eigenvalue weighted by Gasteiger charge is -2.29. The van der Waals surface area contributed by atoms with Crippen molar-refractivity contribution in [1.29, 1.82) is 0 Å². The van der Waals surface area contributed by atoms with Crippen LogP contribution in [0.1, 0.15) is 41.0 Å². The molecule has 0 aromatic heterocycles. The molecule has 4 N–H and O–H groups in total. The van der Waals surface area contributed by atoms with Crippen LogP contribution in [0.15, 0.2) is 0 Å². The molecule has 17 heavy (non-hydrogen) atoms. The van der Waals surface area contributed by atoms with Crippen molar-refractivity contribution in [2.75, 3.05) is 0 Å². The largest absolute Gasteiger partial charge is 0.480 e. The van der Waals surface area contributed by atoms with Gasteiger partial charge in [0.25, 0.3) is 0 Å². The fraction of sp³-hybridized carbons (Fsp3) is 0.833. The highest BCUT2D eigenvalue weighted by molar-refractivity contribution is 5.87. The van der Waals surface area contributed by atoms with E-state index in [0.717, 1.165) is 0 Å². The zero-order valence-corrected chi connectivity index (χ0v) is 11.3. The predicted octanol–water partition coefficient (Wildman–Crippen LogP) is 0.975. The lowest BCUT2D eigenvalue weighted by atomic mass is 9.86. The summed E-state index contributed by atoms with van der Waals surface area (Å²) in [4.78, 5) is 22.8. The summed E-state index contributed by atoms with van der Waals surface area (Å²) in [6, 6.07) is -1.58. The van der Waals surface area contributed by atoms with Crippen LogP contribution in [0.2, 0.25) is 0 Å². The molecule has 0 aromatic rings. The zero-order chi connectivity index (χ0) is 13.8. The molecule has 0 bridgehead atoms. The summed E-state index contributed by atoms with van der Waals surface area (Å²) >= 11 is 0. The molecule has 0 heterocycles. The van der Waals surface area contributed by atoms with Gasteiger partial charge in [-0.25, -0.2) is 4.79 Å². The monoisotopic (exact) mass is 244 g/mol. The number of carbonyl (C=O) groups is 2. The first-order chi connectivity index (χ1) is 7.55. The molecule has 0 rings (SSSR count). The van der Waals surface area contributed by atoms with Gasteiger partial charge in [0.05, 0.1) is 6.04 Å². The smallest absolute Gasteiger partial charge is 0.326 e. The van der Waals surface area contributed by atoms with E-state index in [1.807, 2.05) is 13.8 Å². The molecule has 1 unspecified atom stereocenters. The Kier molecular flexibility index (Phi) is 5.61. The molecule has 0 radical (unpaired) electrons. The summed E-state index contributed by atoms with van der Waals surface area (Å²) in [5, 5.41) is 11.6. The quantitative estimate of drug-likeness (QED) is 0.672. The van der Waals surface area contributed by atoms with Gasteiger partial charge in [-0.15, -0.1) is 0 Å². The van der Waals surface area contributed by atoms with Gasteiger partial charge in [0.15, 0.2) is 0 Å². The van der Waals surface area contributed by atoms with E-state index >= 15 is 0 Å². The van der Waals surface area contributed by atoms with Gasteiger partial charge >= 0.3 is 5.97 Å². The molecule has 0 fully saturated rings. The van der Waals surface area contributed by atoms with Crippen LogP contribution < -0.4 is 11.1 Å². The van der Waals surface area contributed by atoms with Gasteiger partial charge in [0.2, 0.25) is 5.91 Å². The average Bonchev–Trinajstić information content (AvgIpc) is 2.09. The number of carboxylic acid groups (broad SMARTS) is 1. The lowest BCUT2D eigenvalue weighted by molar-refractivity contribution is -0.145. The maximum atomic E-state index is 11.7. The van der Waals surface area contributed by atoms with Gasteiger partial charge < -0.3 is 16.2 Å². The average molecular weight is 244 g/mol. The van der Waals surface area contributed by atoms with Crippen molar-refractivity contribution >= 4 is 11.9 Å². The summed E-state index contributed by atoms with van der Waals surface area (Å²) in [5.41, 5.74) is 5.16. The topological polar surface area (TPSA) is 92.4 Å². The normalized spacial score (nSPS) is 15.5. The van der Waals surface area contributed by atoms with Crippen LogP contribution in [0.25, 0.3) is 0 Å². The Balaban J connectivity index is 4.58. The first kappa shape index (κ1) is 15.9. The zero-order valence-electron chi connectivity index (χ0n) is 11.3. The minimum absolute atomic E-state index is 0.300. The van der Waals surface area contributed by atoms with E-state index in [1.54, 1.807) is 20.8 Å². The third-order valence-corrected chi connectivity index (χ3v) is 2.46. The molecular formula is C12H24N2O3. The van der Waals surface area contributed by atoms with Crippen molar-refractivity contribution in [3.05, 3.63) is 0 Å². The maximum absolute atomic E-state index is 11.7. The van der Waals surface area contributed by atoms with Crippen LogP contribution in [-0.2, 0) is 9.59 Å². The Bertz CT molecular complexity index is 282. The minimum Gasteiger partial charge on any atom is -0.480 e. The third-order valence-electron chi connectivity index (χ3n) is 2.46. The van der Waals surface area contributed by atoms with Gasteiger partial charge in [-0.3, -0.25) is 4.79 Å². The highest BCUT2D eigenvalue weighted by atomic mass is 16.4. The van der Waals surface area contributed by atoms with Crippen molar-refractivity contribution in [3.8, 4) is 0 Å². The number of nitrogens with one attached hydrogen (secondary N) is 1. The number of hydrogen-bond acceptors (Lipinski definition) is 3.